The van der Waals surface area contributed by atoms with Crippen LogP contribution in [0.4, 0.5) is 0 Å². The van der Waals surface area contributed by atoms with Crippen LogP contribution in [-0.4, -0.2) is 21.8 Å². The molecule has 1 heterocycles. The van der Waals surface area contributed by atoms with Gasteiger partial charge in [-0.1, -0.05) is 0 Å². The molecule has 3 heteroatoms. The molecule has 12 heavy (non-hydrogen) atoms. The van der Waals surface area contributed by atoms with Gasteiger partial charge in [-0.15, -0.1) is 0 Å². The normalized spacial score (nSPS) is 17.6. The molecule has 0 saturated carbocycles. The highest BCUT2D eigenvalue weighted by Gasteiger charge is 2.16. The first-order chi connectivity index (χ1) is 5.50. The minimum absolute atomic E-state index is 0.0296. The molecule has 1 aliphatic heterocycles. The van der Waals surface area contributed by atoms with E-state index < -0.39 is 0 Å². The van der Waals surface area contributed by atoms with Gasteiger partial charge < -0.3 is 10.0 Å². The molecule has 0 bridgehead atoms. The quantitative estimate of drug-likeness (QED) is 0.597. The van der Waals surface area contributed by atoms with Crippen LogP contribution in [0.3, 0.4) is 0 Å². The highest BCUT2D eigenvalue weighted by Crippen LogP contribution is 2.16. The number of rotatable bonds is 0. The SMILES string of the molecule is CC(C)(C)N1C=CN=CC(O)=C1. The molecular weight excluding hydrogens is 152 g/mol. The van der Waals surface area contributed by atoms with E-state index in [-0.39, 0.29) is 11.3 Å². The summed E-state index contributed by atoms with van der Waals surface area (Å²) >= 11 is 0. The van der Waals surface area contributed by atoms with Crippen molar-refractivity contribution in [2.45, 2.75) is 26.3 Å². The van der Waals surface area contributed by atoms with E-state index in [1.165, 1.54) is 6.21 Å². The third-order valence-electron chi connectivity index (χ3n) is 1.57. The van der Waals surface area contributed by atoms with Gasteiger partial charge in [0.15, 0.2) is 0 Å². The molecule has 3 nitrogen and oxygen atoms in total. The average Bonchev–Trinajstić information content (AvgIpc) is 2.11. The van der Waals surface area contributed by atoms with Crippen molar-refractivity contribution in [1.29, 1.82) is 0 Å². The molecule has 0 aromatic heterocycles. The first-order valence-corrected chi connectivity index (χ1v) is 3.89. The Morgan fingerprint density at radius 2 is 2.08 bits per heavy atom. The summed E-state index contributed by atoms with van der Waals surface area (Å²) in [5.74, 6) is 0.176. The maximum absolute atomic E-state index is 9.25. The molecule has 0 atom stereocenters. The van der Waals surface area contributed by atoms with E-state index in [4.69, 9.17) is 0 Å². The van der Waals surface area contributed by atoms with Crippen molar-refractivity contribution < 1.29 is 5.11 Å². The molecule has 0 saturated heterocycles. The lowest BCUT2D eigenvalue weighted by Crippen LogP contribution is -2.33. The van der Waals surface area contributed by atoms with E-state index in [9.17, 15) is 5.11 Å². The fourth-order valence-corrected chi connectivity index (χ4v) is 0.866. The van der Waals surface area contributed by atoms with Gasteiger partial charge in [-0.25, -0.2) is 0 Å². The summed E-state index contributed by atoms with van der Waals surface area (Å²) in [6.45, 7) is 6.19. The van der Waals surface area contributed by atoms with Crippen molar-refractivity contribution in [3.63, 3.8) is 0 Å². The molecule has 1 N–H and O–H groups in total. The van der Waals surface area contributed by atoms with Gasteiger partial charge in [-0.3, -0.25) is 4.99 Å². The van der Waals surface area contributed by atoms with Crippen LogP contribution in [-0.2, 0) is 0 Å². The van der Waals surface area contributed by atoms with Crippen LogP contribution in [0.25, 0.3) is 0 Å². The van der Waals surface area contributed by atoms with E-state index in [0.29, 0.717) is 0 Å². The number of aliphatic imine (C=N–C) groups is 1. The molecule has 0 aliphatic carbocycles. The summed E-state index contributed by atoms with van der Waals surface area (Å²) in [4.78, 5) is 5.76. The van der Waals surface area contributed by atoms with Crippen LogP contribution in [0.15, 0.2) is 29.4 Å². The van der Waals surface area contributed by atoms with Gasteiger partial charge >= 0.3 is 0 Å². The molecule has 0 aromatic carbocycles. The second kappa shape index (κ2) is 3.01. The van der Waals surface area contributed by atoms with Gasteiger partial charge in [-0.2, -0.15) is 0 Å². The fourth-order valence-electron chi connectivity index (χ4n) is 0.866. The molecule has 1 rings (SSSR count). The zero-order valence-electron chi connectivity index (χ0n) is 7.65. The lowest BCUT2D eigenvalue weighted by Gasteiger charge is -2.30. The molecular formula is C9H14N2O. The second-order valence-corrected chi connectivity index (χ2v) is 3.71. The van der Waals surface area contributed by atoms with E-state index >= 15 is 0 Å². The van der Waals surface area contributed by atoms with Gasteiger partial charge in [0.25, 0.3) is 0 Å². The van der Waals surface area contributed by atoms with Crippen LogP contribution in [0.1, 0.15) is 20.8 Å². The standard InChI is InChI=1S/C9H14N2O/c1-9(2,3)11-5-4-10-6-8(12)7-11/h4-7,12H,1-3H3. The average molecular weight is 166 g/mol. The smallest absolute Gasteiger partial charge is 0.149 e. The monoisotopic (exact) mass is 166 g/mol. The first-order valence-electron chi connectivity index (χ1n) is 3.89. The largest absolute Gasteiger partial charge is 0.505 e. The van der Waals surface area contributed by atoms with Crippen LogP contribution >= 0.6 is 0 Å². The topological polar surface area (TPSA) is 35.8 Å². The zero-order chi connectivity index (χ0) is 9.19. The second-order valence-electron chi connectivity index (χ2n) is 3.71. The molecule has 0 fully saturated rings. The summed E-state index contributed by atoms with van der Waals surface area (Å²) in [6, 6.07) is 0. The van der Waals surface area contributed by atoms with Crippen molar-refractivity contribution in [2.24, 2.45) is 4.99 Å². The van der Waals surface area contributed by atoms with E-state index in [1.807, 2.05) is 11.1 Å². The molecule has 0 amide bonds. The molecule has 0 spiro atoms. The predicted molar refractivity (Wildman–Crippen MR) is 49.9 cm³/mol. The molecule has 0 radical (unpaired) electrons. The first kappa shape index (κ1) is 8.84. The number of nitrogens with zero attached hydrogens (tertiary/aromatic N) is 2. The Bertz CT molecular complexity index is 246. The Balaban J connectivity index is 2.87. The van der Waals surface area contributed by atoms with Gasteiger partial charge in [0.05, 0.1) is 6.21 Å². The van der Waals surface area contributed by atoms with Crippen LogP contribution in [0.2, 0.25) is 0 Å². The van der Waals surface area contributed by atoms with E-state index in [2.05, 4.69) is 25.8 Å². The fraction of sp³-hybridized carbons (Fsp3) is 0.444. The summed E-state index contributed by atoms with van der Waals surface area (Å²) in [7, 11) is 0. The number of allylic oxidation sites excluding steroid dienone is 1. The summed E-state index contributed by atoms with van der Waals surface area (Å²) < 4.78 is 0. The third-order valence-corrected chi connectivity index (χ3v) is 1.57. The van der Waals surface area contributed by atoms with Gasteiger partial charge in [0, 0.05) is 24.1 Å². The summed E-state index contributed by atoms with van der Waals surface area (Å²) in [6.07, 6.45) is 6.57. The van der Waals surface area contributed by atoms with Crippen molar-refractivity contribution in [1.82, 2.24) is 4.90 Å². The molecule has 0 aromatic rings. The Kier molecular flexibility index (Phi) is 2.22. The summed E-state index contributed by atoms with van der Waals surface area (Å²) in [5.41, 5.74) is -0.0296. The lowest BCUT2D eigenvalue weighted by atomic mass is 10.1. The highest BCUT2D eigenvalue weighted by atomic mass is 16.3. The lowest BCUT2D eigenvalue weighted by molar-refractivity contribution is 0.270. The zero-order valence-corrected chi connectivity index (χ0v) is 7.65. The van der Waals surface area contributed by atoms with Gasteiger partial charge in [-0.05, 0) is 20.8 Å². The Labute approximate surface area is 72.7 Å². The molecule has 66 valence electrons. The van der Waals surface area contributed by atoms with E-state index in [1.54, 1.807) is 12.4 Å². The minimum atomic E-state index is -0.0296. The van der Waals surface area contributed by atoms with Gasteiger partial charge in [0.1, 0.15) is 5.76 Å². The number of aliphatic hydroxyl groups excluding tert-OH is 1. The van der Waals surface area contributed by atoms with Gasteiger partial charge in [0.2, 0.25) is 0 Å². The highest BCUT2D eigenvalue weighted by molar-refractivity contribution is 5.76. The summed E-state index contributed by atoms with van der Waals surface area (Å²) in [5, 5.41) is 9.25. The third kappa shape index (κ3) is 2.12. The molecule has 1 aliphatic rings. The van der Waals surface area contributed by atoms with Crippen molar-refractivity contribution in [2.75, 3.05) is 0 Å². The maximum atomic E-state index is 9.25. The van der Waals surface area contributed by atoms with Crippen LogP contribution < -0.4 is 0 Å². The van der Waals surface area contributed by atoms with Crippen LogP contribution in [0, 0.1) is 0 Å². The Hall–Kier alpha value is -1.25. The number of hydrogen-bond acceptors (Lipinski definition) is 3. The number of aliphatic hydroxyl groups is 1. The van der Waals surface area contributed by atoms with Crippen LogP contribution in [0.5, 0.6) is 0 Å². The van der Waals surface area contributed by atoms with Crippen molar-refractivity contribution >= 4 is 6.21 Å². The minimum Gasteiger partial charge on any atom is -0.505 e. The van der Waals surface area contributed by atoms with Crippen molar-refractivity contribution in [3.05, 3.63) is 24.4 Å². The predicted octanol–water partition coefficient (Wildman–Crippen LogP) is 2.04. The Morgan fingerprint density at radius 1 is 1.42 bits per heavy atom. The molecule has 0 unspecified atom stereocenters. The van der Waals surface area contributed by atoms with E-state index in [0.717, 1.165) is 0 Å². The number of hydrogen-bond donors (Lipinski definition) is 1. The van der Waals surface area contributed by atoms with Crippen molar-refractivity contribution in [3.8, 4) is 0 Å². The maximum Gasteiger partial charge on any atom is 0.149 e. The Morgan fingerprint density at radius 3 is 2.67 bits per heavy atom.